The maximum atomic E-state index is 12.2. The van der Waals surface area contributed by atoms with Gasteiger partial charge in [0.1, 0.15) is 5.60 Å². The Bertz CT molecular complexity index is 689. The lowest BCUT2D eigenvalue weighted by Crippen LogP contribution is -2.25. The molecule has 5 nitrogen and oxygen atoms in total. The van der Waals surface area contributed by atoms with Gasteiger partial charge in [-0.25, -0.2) is 0 Å². The Morgan fingerprint density at radius 2 is 1.75 bits per heavy atom. The van der Waals surface area contributed by atoms with Crippen LogP contribution in [0.3, 0.4) is 0 Å². The predicted octanol–water partition coefficient (Wildman–Crippen LogP) is 3.71. The van der Waals surface area contributed by atoms with E-state index < -0.39 is 0 Å². The third-order valence-corrected chi connectivity index (χ3v) is 3.07. The van der Waals surface area contributed by atoms with Gasteiger partial charge in [0.2, 0.25) is 0 Å². The second kappa shape index (κ2) is 7.64. The van der Waals surface area contributed by atoms with Crippen molar-refractivity contribution in [3.63, 3.8) is 0 Å². The predicted molar refractivity (Wildman–Crippen MR) is 95.4 cm³/mol. The van der Waals surface area contributed by atoms with Crippen LogP contribution in [0.4, 0.5) is 5.69 Å². The number of amides is 1. The fraction of sp³-hybridized carbons (Fsp3) is 0.263. The Labute approximate surface area is 142 Å². The minimum absolute atomic E-state index is 0.152. The molecule has 1 heterocycles. The number of rotatable bonds is 6. The number of ether oxygens (including phenoxy) is 1. The number of hydrogen-bond acceptors (Lipinski definition) is 4. The fourth-order valence-corrected chi connectivity index (χ4v) is 2.02. The van der Waals surface area contributed by atoms with Gasteiger partial charge in [-0.2, -0.15) is 0 Å². The van der Waals surface area contributed by atoms with Gasteiger partial charge in [-0.05, 0) is 57.2 Å². The van der Waals surface area contributed by atoms with Crippen LogP contribution in [0, 0.1) is 0 Å². The second-order valence-electron chi connectivity index (χ2n) is 6.38. The van der Waals surface area contributed by atoms with E-state index in [9.17, 15) is 4.79 Å². The van der Waals surface area contributed by atoms with Crippen LogP contribution in [0.25, 0.3) is 0 Å². The first-order valence-electron chi connectivity index (χ1n) is 7.75. The topological polar surface area (TPSA) is 63.2 Å². The van der Waals surface area contributed by atoms with Crippen molar-refractivity contribution in [1.82, 2.24) is 10.3 Å². The Morgan fingerprint density at radius 1 is 1.12 bits per heavy atom. The number of carbonyl (C=O) groups excluding carboxylic acids is 1. The molecule has 2 rings (SSSR count). The molecule has 1 amide bonds. The zero-order chi connectivity index (χ0) is 17.6. The molecular formula is C19H23N3O2. The molecule has 1 aromatic carbocycles. The molecule has 0 aliphatic rings. The van der Waals surface area contributed by atoms with E-state index in [1.54, 1.807) is 36.7 Å². The summed E-state index contributed by atoms with van der Waals surface area (Å²) in [6, 6.07) is 10.9. The van der Waals surface area contributed by atoms with Crippen molar-refractivity contribution in [1.29, 1.82) is 0 Å². The van der Waals surface area contributed by atoms with Gasteiger partial charge in [0.25, 0.3) is 5.91 Å². The first-order chi connectivity index (χ1) is 11.3. The molecule has 5 heteroatoms. The molecule has 0 bridgehead atoms. The molecule has 0 spiro atoms. The minimum Gasteiger partial charge on any atom is -0.474 e. The number of pyridine rings is 1. The summed E-state index contributed by atoms with van der Waals surface area (Å²) in [5.41, 5.74) is 2.07. The van der Waals surface area contributed by atoms with Crippen LogP contribution in [0.15, 0.2) is 61.3 Å². The summed E-state index contributed by atoms with van der Waals surface area (Å²) in [6.07, 6.45) is 3.27. The highest BCUT2D eigenvalue weighted by Gasteiger charge is 2.12. The molecule has 0 atom stereocenters. The number of benzene rings is 1. The average Bonchev–Trinajstić information content (AvgIpc) is 2.53. The van der Waals surface area contributed by atoms with Crippen LogP contribution in [-0.2, 0) is 11.3 Å². The van der Waals surface area contributed by atoms with Crippen molar-refractivity contribution in [3.8, 4) is 0 Å². The molecule has 0 fully saturated rings. The third-order valence-electron chi connectivity index (χ3n) is 3.07. The summed E-state index contributed by atoms with van der Waals surface area (Å²) < 4.78 is 5.61. The fourth-order valence-electron chi connectivity index (χ4n) is 2.02. The molecule has 0 aliphatic carbocycles. The quantitative estimate of drug-likeness (QED) is 0.795. The molecule has 1 aromatic heterocycles. The van der Waals surface area contributed by atoms with Crippen LogP contribution in [0.2, 0.25) is 0 Å². The summed E-state index contributed by atoms with van der Waals surface area (Å²) in [5, 5.41) is 5.94. The highest BCUT2D eigenvalue weighted by atomic mass is 16.5. The lowest BCUT2D eigenvalue weighted by atomic mass is 10.1. The highest BCUT2D eigenvalue weighted by molar-refractivity contribution is 6.04. The van der Waals surface area contributed by atoms with Crippen LogP contribution >= 0.6 is 0 Å². The van der Waals surface area contributed by atoms with E-state index in [-0.39, 0.29) is 11.5 Å². The molecule has 126 valence electrons. The van der Waals surface area contributed by atoms with E-state index in [1.807, 2.05) is 32.9 Å². The smallest absolute Gasteiger partial charge is 0.255 e. The zero-order valence-electron chi connectivity index (χ0n) is 14.3. The van der Waals surface area contributed by atoms with Crippen molar-refractivity contribution in [2.24, 2.45) is 0 Å². The van der Waals surface area contributed by atoms with E-state index in [0.29, 0.717) is 18.0 Å². The molecule has 0 radical (unpaired) electrons. The van der Waals surface area contributed by atoms with Crippen LogP contribution in [0.5, 0.6) is 0 Å². The molecule has 0 saturated carbocycles. The Balaban J connectivity index is 1.88. The van der Waals surface area contributed by atoms with E-state index in [1.165, 1.54) is 0 Å². The van der Waals surface area contributed by atoms with Gasteiger partial charge >= 0.3 is 0 Å². The largest absolute Gasteiger partial charge is 0.474 e. The van der Waals surface area contributed by atoms with Crippen molar-refractivity contribution in [2.75, 3.05) is 5.32 Å². The standard InChI is InChI=1S/C19H23N3O2/c1-14(24-19(2,3)4)21-13-15-5-7-16(8-6-15)18(23)22-17-9-11-20-12-10-17/h5-12,21H,1,13H2,2-4H3,(H,20,22,23). The van der Waals surface area contributed by atoms with Gasteiger partial charge in [0.15, 0.2) is 5.88 Å². The first kappa shape index (κ1) is 17.5. The second-order valence-corrected chi connectivity index (χ2v) is 6.38. The van der Waals surface area contributed by atoms with Gasteiger partial charge in [0, 0.05) is 30.2 Å². The lowest BCUT2D eigenvalue weighted by Gasteiger charge is -2.23. The number of nitrogens with zero attached hydrogens (tertiary/aromatic N) is 1. The van der Waals surface area contributed by atoms with Crippen molar-refractivity contribution in [3.05, 3.63) is 72.4 Å². The van der Waals surface area contributed by atoms with E-state index in [2.05, 4.69) is 22.2 Å². The van der Waals surface area contributed by atoms with Crippen molar-refractivity contribution < 1.29 is 9.53 Å². The van der Waals surface area contributed by atoms with Gasteiger partial charge in [-0.15, -0.1) is 0 Å². The molecule has 0 aliphatic heterocycles. The summed E-state index contributed by atoms with van der Waals surface area (Å²) >= 11 is 0. The van der Waals surface area contributed by atoms with Gasteiger partial charge in [0.05, 0.1) is 0 Å². The number of anilines is 1. The monoisotopic (exact) mass is 325 g/mol. The van der Waals surface area contributed by atoms with Crippen LogP contribution in [0.1, 0.15) is 36.7 Å². The normalized spacial score (nSPS) is 10.8. The maximum absolute atomic E-state index is 12.2. The minimum atomic E-state index is -0.279. The number of aromatic nitrogens is 1. The van der Waals surface area contributed by atoms with Crippen LogP contribution < -0.4 is 10.6 Å². The highest BCUT2D eigenvalue weighted by Crippen LogP contribution is 2.12. The van der Waals surface area contributed by atoms with Gasteiger partial charge in [-0.1, -0.05) is 12.1 Å². The summed E-state index contributed by atoms with van der Waals surface area (Å²) in [4.78, 5) is 16.1. The lowest BCUT2D eigenvalue weighted by molar-refractivity contribution is 0.0410. The number of nitrogens with one attached hydrogen (secondary N) is 2. The molecule has 0 unspecified atom stereocenters. The summed E-state index contributed by atoms with van der Waals surface area (Å²) in [6.45, 7) is 10.3. The van der Waals surface area contributed by atoms with E-state index >= 15 is 0 Å². The van der Waals surface area contributed by atoms with Crippen molar-refractivity contribution in [2.45, 2.75) is 32.9 Å². The zero-order valence-corrected chi connectivity index (χ0v) is 14.3. The molecule has 2 aromatic rings. The molecule has 2 N–H and O–H groups in total. The van der Waals surface area contributed by atoms with Gasteiger partial charge < -0.3 is 15.4 Å². The Hall–Kier alpha value is -2.82. The molecule has 24 heavy (non-hydrogen) atoms. The Morgan fingerprint density at radius 3 is 2.33 bits per heavy atom. The first-order valence-corrected chi connectivity index (χ1v) is 7.75. The van der Waals surface area contributed by atoms with Crippen molar-refractivity contribution >= 4 is 11.6 Å². The van der Waals surface area contributed by atoms with E-state index in [4.69, 9.17) is 4.74 Å². The summed E-state index contributed by atoms with van der Waals surface area (Å²) in [5.74, 6) is 0.378. The number of carbonyl (C=O) groups is 1. The summed E-state index contributed by atoms with van der Waals surface area (Å²) in [7, 11) is 0. The average molecular weight is 325 g/mol. The maximum Gasteiger partial charge on any atom is 0.255 e. The third kappa shape index (κ3) is 5.76. The molecular weight excluding hydrogens is 302 g/mol. The Kier molecular flexibility index (Phi) is 5.58. The van der Waals surface area contributed by atoms with Crippen LogP contribution in [-0.4, -0.2) is 16.5 Å². The van der Waals surface area contributed by atoms with E-state index in [0.717, 1.165) is 11.3 Å². The SMILES string of the molecule is C=C(NCc1ccc(C(=O)Nc2ccncc2)cc1)OC(C)(C)C. The molecule has 0 saturated heterocycles. The number of hydrogen-bond donors (Lipinski definition) is 2. The van der Waals surface area contributed by atoms with Gasteiger partial charge in [-0.3, -0.25) is 9.78 Å².